The van der Waals surface area contributed by atoms with E-state index >= 15 is 0 Å². The maximum absolute atomic E-state index is 11.1. The monoisotopic (exact) mass is 203 g/mol. The Morgan fingerprint density at radius 2 is 2.29 bits per heavy atom. The number of rotatable bonds is 4. The lowest BCUT2D eigenvalue weighted by atomic mass is 10.2. The van der Waals surface area contributed by atoms with Crippen LogP contribution in [-0.2, 0) is 9.59 Å². The van der Waals surface area contributed by atoms with E-state index < -0.39 is 18.2 Å². The largest absolute Gasteiger partial charge is 0.479 e. The molecule has 0 bridgehead atoms. The van der Waals surface area contributed by atoms with Gasteiger partial charge in [0.1, 0.15) is 0 Å². The number of amides is 1. The molecular weight excluding hydrogens is 190 g/mol. The molecule has 1 aliphatic heterocycles. The normalized spacial score (nSPS) is 24.0. The lowest BCUT2D eigenvalue weighted by Crippen LogP contribution is -2.31. The lowest BCUT2D eigenvalue weighted by Gasteiger charge is -2.16. The number of hydrogen-bond acceptors (Lipinski definition) is 4. The maximum atomic E-state index is 11.1. The summed E-state index contributed by atoms with van der Waals surface area (Å²) in [6.07, 6.45) is -2.03. The first-order valence-electron chi connectivity index (χ1n) is 4.37. The van der Waals surface area contributed by atoms with Crippen molar-refractivity contribution in [1.82, 2.24) is 4.90 Å². The van der Waals surface area contributed by atoms with Crippen LogP contribution in [0.4, 0.5) is 0 Å². The highest BCUT2D eigenvalue weighted by molar-refractivity contribution is 5.79. The van der Waals surface area contributed by atoms with E-state index in [9.17, 15) is 9.59 Å². The van der Waals surface area contributed by atoms with Crippen molar-refractivity contribution >= 4 is 11.9 Å². The van der Waals surface area contributed by atoms with E-state index in [0.717, 1.165) is 0 Å². The van der Waals surface area contributed by atoms with Crippen molar-refractivity contribution in [1.29, 1.82) is 0 Å². The number of hydrogen-bond donors (Lipinski definition) is 3. The zero-order valence-corrected chi connectivity index (χ0v) is 7.59. The number of aliphatic carboxylic acids is 1. The number of β-amino-alcohol motifs (C(OH)–C–C–N with tert-alkyl or cyclic N) is 1. The van der Waals surface area contributed by atoms with Gasteiger partial charge in [-0.25, -0.2) is 4.79 Å². The average Bonchev–Trinajstić information content (AvgIpc) is 2.40. The number of carbonyl (C=O) groups is 2. The van der Waals surface area contributed by atoms with Crippen LogP contribution in [0.2, 0.25) is 0 Å². The molecule has 80 valence electrons. The molecule has 6 nitrogen and oxygen atoms in total. The van der Waals surface area contributed by atoms with Gasteiger partial charge in [0.15, 0.2) is 6.10 Å². The Balaban J connectivity index is 2.31. The molecule has 0 aromatic heterocycles. The number of carbonyl (C=O) groups excluding carboxylic acids is 1. The summed E-state index contributed by atoms with van der Waals surface area (Å²) >= 11 is 0. The second kappa shape index (κ2) is 4.39. The predicted octanol–water partition coefficient (Wildman–Crippen LogP) is -1.58. The molecule has 1 aliphatic rings. The molecule has 0 spiro atoms. The number of likely N-dealkylation sites (tertiary alicyclic amines) is 1. The van der Waals surface area contributed by atoms with Crippen molar-refractivity contribution in [2.24, 2.45) is 0 Å². The average molecular weight is 203 g/mol. The Hall–Kier alpha value is -1.14. The Labute approximate surface area is 80.8 Å². The molecule has 0 radical (unpaired) electrons. The molecule has 1 heterocycles. The predicted molar refractivity (Wildman–Crippen MR) is 45.5 cm³/mol. The second-order valence-corrected chi connectivity index (χ2v) is 3.34. The molecule has 1 fully saturated rings. The van der Waals surface area contributed by atoms with Gasteiger partial charge in [-0.05, 0) is 0 Å². The van der Waals surface area contributed by atoms with Crippen LogP contribution in [0.5, 0.6) is 0 Å². The SMILES string of the molecule is O=C(O)[C@@H](O)CCN1CC(O)CC1=O. The fourth-order valence-corrected chi connectivity index (χ4v) is 1.37. The summed E-state index contributed by atoms with van der Waals surface area (Å²) in [5, 5.41) is 26.4. The van der Waals surface area contributed by atoms with E-state index in [1.807, 2.05) is 0 Å². The minimum atomic E-state index is -1.44. The van der Waals surface area contributed by atoms with E-state index in [4.69, 9.17) is 15.3 Å². The Bertz CT molecular complexity index is 242. The molecule has 1 saturated heterocycles. The molecule has 0 saturated carbocycles. The van der Waals surface area contributed by atoms with E-state index in [1.165, 1.54) is 4.90 Å². The number of carboxylic acid groups (broad SMARTS) is 1. The van der Waals surface area contributed by atoms with Gasteiger partial charge in [-0.2, -0.15) is 0 Å². The number of carboxylic acids is 1. The molecule has 0 aromatic rings. The number of aliphatic hydroxyl groups is 2. The molecule has 3 N–H and O–H groups in total. The third kappa shape index (κ3) is 2.68. The maximum Gasteiger partial charge on any atom is 0.332 e. The minimum absolute atomic E-state index is 0.00616. The lowest BCUT2D eigenvalue weighted by molar-refractivity contribution is -0.147. The number of nitrogens with zero attached hydrogens (tertiary/aromatic N) is 1. The molecule has 0 aromatic carbocycles. The quantitative estimate of drug-likeness (QED) is 0.512. The van der Waals surface area contributed by atoms with Crippen LogP contribution >= 0.6 is 0 Å². The molecular formula is C8H13NO5. The van der Waals surface area contributed by atoms with Crippen molar-refractivity contribution in [2.75, 3.05) is 13.1 Å². The summed E-state index contributed by atoms with van der Waals surface area (Å²) in [7, 11) is 0. The van der Waals surface area contributed by atoms with Crippen molar-refractivity contribution in [3.8, 4) is 0 Å². The highest BCUT2D eigenvalue weighted by Gasteiger charge is 2.28. The van der Waals surface area contributed by atoms with Crippen molar-refractivity contribution in [2.45, 2.75) is 25.0 Å². The molecule has 0 aliphatic carbocycles. The van der Waals surface area contributed by atoms with Gasteiger partial charge in [0.05, 0.1) is 12.5 Å². The third-order valence-electron chi connectivity index (χ3n) is 2.15. The fraction of sp³-hybridized carbons (Fsp3) is 0.750. The van der Waals surface area contributed by atoms with Gasteiger partial charge in [-0.15, -0.1) is 0 Å². The second-order valence-electron chi connectivity index (χ2n) is 3.34. The van der Waals surface area contributed by atoms with Crippen LogP contribution in [0.1, 0.15) is 12.8 Å². The van der Waals surface area contributed by atoms with Gasteiger partial charge < -0.3 is 20.2 Å². The summed E-state index contributed by atoms with van der Waals surface area (Å²) in [5.74, 6) is -1.49. The molecule has 1 amide bonds. The smallest absolute Gasteiger partial charge is 0.332 e. The minimum Gasteiger partial charge on any atom is -0.479 e. The zero-order chi connectivity index (χ0) is 10.7. The van der Waals surface area contributed by atoms with Gasteiger partial charge in [0, 0.05) is 19.5 Å². The van der Waals surface area contributed by atoms with Crippen LogP contribution < -0.4 is 0 Å². The van der Waals surface area contributed by atoms with Crippen LogP contribution in [0, 0.1) is 0 Å². The van der Waals surface area contributed by atoms with E-state index in [0.29, 0.717) is 0 Å². The Kier molecular flexibility index (Phi) is 3.43. The van der Waals surface area contributed by atoms with Crippen LogP contribution in [0.3, 0.4) is 0 Å². The Morgan fingerprint density at radius 3 is 2.71 bits per heavy atom. The molecule has 1 unspecified atom stereocenters. The highest BCUT2D eigenvalue weighted by atomic mass is 16.4. The van der Waals surface area contributed by atoms with Gasteiger partial charge >= 0.3 is 5.97 Å². The first-order valence-corrected chi connectivity index (χ1v) is 4.37. The first kappa shape index (κ1) is 10.9. The van der Waals surface area contributed by atoms with Crippen molar-refractivity contribution in [3.63, 3.8) is 0 Å². The summed E-state index contributed by atoms with van der Waals surface area (Å²) in [5.41, 5.74) is 0. The van der Waals surface area contributed by atoms with Gasteiger partial charge in [0.2, 0.25) is 5.91 Å². The van der Waals surface area contributed by atoms with Gasteiger partial charge in [-0.3, -0.25) is 4.79 Å². The molecule has 2 atom stereocenters. The van der Waals surface area contributed by atoms with Crippen molar-refractivity contribution < 1.29 is 24.9 Å². The fourth-order valence-electron chi connectivity index (χ4n) is 1.37. The van der Waals surface area contributed by atoms with E-state index in [-0.39, 0.29) is 31.8 Å². The topological polar surface area (TPSA) is 98.1 Å². The van der Waals surface area contributed by atoms with Crippen molar-refractivity contribution in [3.05, 3.63) is 0 Å². The van der Waals surface area contributed by atoms with E-state index in [1.54, 1.807) is 0 Å². The third-order valence-corrected chi connectivity index (χ3v) is 2.15. The van der Waals surface area contributed by atoms with Crippen LogP contribution in [-0.4, -0.2) is 57.4 Å². The summed E-state index contributed by atoms with van der Waals surface area (Å²) in [6.45, 7) is 0.397. The van der Waals surface area contributed by atoms with Crippen LogP contribution in [0.25, 0.3) is 0 Å². The first-order chi connectivity index (χ1) is 6.50. The Morgan fingerprint density at radius 1 is 1.64 bits per heavy atom. The number of aliphatic hydroxyl groups excluding tert-OH is 2. The zero-order valence-electron chi connectivity index (χ0n) is 7.59. The highest BCUT2D eigenvalue weighted by Crippen LogP contribution is 2.11. The molecule has 6 heteroatoms. The molecule has 14 heavy (non-hydrogen) atoms. The summed E-state index contributed by atoms with van der Waals surface area (Å²) in [6, 6.07) is 0. The van der Waals surface area contributed by atoms with Gasteiger partial charge in [-0.1, -0.05) is 0 Å². The summed E-state index contributed by atoms with van der Waals surface area (Å²) in [4.78, 5) is 22.7. The van der Waals surface area contributed by atoms with Crippen LogP contribution in [0.15, 0.2) is 0 Å². The molecule has 1 rings (SSSR count). The van der Waals surface area contributed by atoms with Gasteiger partial charge in [0.25, 0.3) is 0 Å². The summed E-state index contributed by atoms with van der Waals surface area (Å²) < 4.78 is 0. The standard InChI is InChI=1S/C8H13NO5/c10-5-3-7(12)9(4-5)2-1-6(11)8(13)14/h5-6,10-11H,1-4H2,(H,13,14)/t5?,6-/m0/s1. The van der Waals surface area contributed by atoms with E-state index in [2.05, 4.69) is 0 Å².